The summed E-state index contributed by atoms with van der Waals surface area (Å²) < 4.78 is 5.69. The lowest BCUT2D eigenvalue weighted by Crippen LogP contribution is -2.01. The van der Waals surface area contributed by atoms with Gasteiger partial charge in [0.15, 0.2) is 0 Å². The van der Waals surface area contributed by atoms with Crippen LogP contribution in [0.15, 0.2) is 48.5 Å². The highest BCUT2D eigenvalue weighted by Gasteiger charge is 2.00. The maximum Gasteiger partial charge on any atom is 0.119 e. The van der Waals surface area contributed by atoms with Crippen molar-refractivity contribution in [3.8, 4) is 11.5 Å². The first-order valence-electron chi connectivity index (χ1n) is 6.78. The van der Waals surface area contributed by atoms with Gasteiger partial charge in [-0.25, -0.2) is 0 Å². The van der Waals surface area contributed by atoms with Crippen LogP contribution in [0.2, 0.25) is 0 Å². The molecule has 0 unspecified atom stereocenters. The molecule has 0 heterocycles. The first kappa shape index (κ1) is 13.5. The van der Waals surface area contributed by atoms with Crippen LogP contribution in [0.25, 0.3) is 0 Å². The average Bonchev–Trinajstić information content (AvgIpc) is 2.43. The molecule has 0 saturated heterocycles. The molecule has 0 aliphatic carbocycles. The number of phenolic OH excluding ortho intramolecular Hbond substituents is 1. The zero-order valence-electron chi connectivity index (χ0n) is 11.3. The van der Waals surface area contributed by atoms with E-state index in [0.717, 1.165) is 24.2 Å². The van der Waals surface area contributed by atoms with Crippen LogP contribution in [0.3, 0.4) is 0 Å². The maximum absolute atomic E-state index is 9.65. The Labute approximate surface area is 114 Å². The number of hydrogen-bond donors (Lipinski definition) is 1. The minimum absolute atomic E-state index is 0.337. The highest BCUT2D eigenvalue weighted by Crippen LogP contribution is 2.17. The summed E-state index contributed by atoms with van der Waals surface area (Å²) in [4.78, 5) is 0. The molecule has 2 aromatic rings. The molecule has 2 nitrogen and oxygen atoms in total. The Balaban J connectivity index is 1.84. The Morgan fingerprint density at radius 2 is 1.68 bits per heavy atom. The summed E-state index contributed by atoms with van der Waals surface area (Å²) in [6.07, 6.45) is 2.98. The monoisotopic (exact) mass is 256 g/mol. The van der Waals surface area contributed by atoms with E-state index >= 15 is 0 Å². The lowest BCUT2D eigenvalue weighted by atomic mass is 10.1. The topological polar surface area (TPSA) is 29.5 Å². The van der Waals surface area contributed by atoms with E-state index in [0.29, 0.717) is 18.8 Å². The van der Waals surface area contributed by atoms with E-state index in [9.17, 15) is 5.11 Å². The summed E-state index contributed by atoms with van der Waals surface area (Å²) in [6, 6.07) is 15.6. The van der Waals surface area contributed by atoms with Crippen LogP contribution in [0.1, 0.15) is 24.5 Å². The number of hydrogen-bond acceptors (Lipinski definition) is 2. The quantitative estimate of drug-likeness (QED) is 0.847. The van der Waals surface area contributed by atoms with Gasteiger partial charge in [-0.15, -0.1) is 0 Å². The van der Waals surface area contributed by atoms with Gasteiger partial charge in [0.05, 0.1) is 6.61 Å². The van der Waals surface area contributed by atoms with Crippen molar-refractivity contribution in [2.24, 2.45) is 0 Å². The highest BCUT2D eigenvalue weighted by molar-refractivity contribution is 5.32. The Bertz CT molecular complexity index is 503. The Morgan fingerprint density at radius 3 is 2.37 bits per heavy atom. The summed E-state index contributed by atoms with van der Waals surface area (Å²) in [7, 11) is 0. The first-order valence-corrected chi connectivity index (χ1v) is 6.78. The van der Waals surface area contributed by atoms with Crippen LogP contribution in [0, 0.1) is 0 Å². The summed E-state index contributed by atoms with van der Waals surface area (Å²) in [5.41, 5.74) is 2.26. The van der Waals surface area contributed by atoms with Gasteiger partial charge in [0, 0.05) is 6.42 Å². The van der Waals surface area contributed by atoms with Crippen LogP contribution in [0.4, 0.5) is 0 Å². The predicted molar refractivity (Wildman–Crippen MR) is 77.7 cm³/mol. The summed E-state index contributed by atoms with van der Waals surface area (Å²) in [5.74, 6) is 1.22. The second kappa shape index (κ2) is 6.83. The van der Waals surface area contributed by atoms with E-state index < -0.39 is 0 Å². The zero-order valence-corrected chi connectivity index (χ0v) is 11.3. The molecule has 0 spiro atoms. The molecule has 2 heteroatoms. The lowest BCUT2D eigenvalue weighted by Gasteiger charge is -2.08. The van der Waals surface area contributed by atoms with Crippen molar-refractivity contribution in [3.63, 3.8) is 0 Å². The lowest BCUT2D eigenvalue weighted by molar-refractivity contribution is 0.319. The number of aryl methyl sites for hydroxylation is 1. The van der Waals surface area contributed by atoms with Crippen LogP contribution in [-0.4, -0.2) is 11.7 Å². The molecule has 0 saturated carbocycles. The van der Waals surface area contributed by atoms with Gasteiger partial charge in [-0.1, -0.05) is 43.7 Å². The maximum atomic E-state index is 9.65. The van der Waals surface area contributed by atoms with Crippen LogP contribution in [-0.2, 0) is 12.8 Å². The van der Waals surface area contributed by atoms with Gasteiger partial charge in [-0.05, 0) is 35.7 Å². The molecule has 2 rings (SSSR count). The summed E-state index contributed by atoms with van der Waals surface area (Å²) in [5, 5.41) is 9.65. The molecule has 100 valence electrons. The van der Waals surface area contributed by atoms with Crippen molar-refractivity contribution in [1.82, 2.24) is 0 Å². The van der Waals surface area contributed by atoms with E-state index in [1.165, 1.54) is 5.56 Å². The molecule has 0 amide bonds. The van der Waals surface area contributed by atoms with Crippen molar-refractivity contribution in [2.75, 3.05) is 6.61 Å². The van der Waals surface area contributed by atoms with Gasteiger partial charge in [0.1, 0.15) is 11.5 Å². The molecule has 0 radical (unpaired) electrons. The minimum Gasteiger partial charge on any atom is -0.508 e. The molecule has 2 aromatic carbocycles. The number of ether oxygens (including phenoxy) is 1. The Kier molecular flexibility index (Phi) is 4.85. The minimum atomic E-state index is 0.337. The molecule has 0 atom stereocenters. The molecule has 0 aliphatic heterocycles. The second-order valence-electron chi connectivity index (χ2n) is 4.62. The Morgan fingerprint density at radius 1 is 0.947 bits per heavy atom. The standard InChI is InChI=1S/C17H20O2/c1-2-5-14-8-10-16(11-9-14)19-13-12-15-6-3-4-7-17(15)18/h3-4,6-11,18H,2,5,12-13H2,1H3. The second-order valence-corrected chi connectivity index (χ2v) is 4.62. The van der Waals surface area contributed by atoms with Gasteiger partial charge >= 0.3 is 0 Å². The fourth-order valence-electron chi connectivity index (χ4n) is 2.04. The molecular weight excluding hydrogens is 236 g/mol. The summed E-state index contributed by atoms with van der Waals surface area (Å²) >= 11 is 0. The van der Waals surface area contributed by atoms with Crippen molar-refractivity contribution < 1.29 is 9.84 Å². The molecule has 0 fully saturated rings. The van der Waals surface area contributed by atoms with Gasteiger partial charge in [0.2, 0.25) is 0 Å². The number of rotatable bonds is 6. The van der Waals surface area contributed by atoms with Crippen LogP contribution in [0.5, 0.6) is 11.5 Å². The van der Waals surface area contributed by atoms with E-state index in [1.54, 1.807) is 6.07 Å². The normalized spacial score (nSPS) is 10.4. The van der Waals surface area contributed by atoms with Gasteiger partial charge in [0.25, 0.3) is 0 Å². The smallest absolute Gasteiger partial charge is 0.119 e. The van der Waals surface area contributed by atoms with E-state index in [4.69, 9.17) is 4.74 Å². The fraction of sp³-hybridized carbons (Fsp3) is 0.294. The number of aromatic hydroxyl groups is 1. The van der Waals surface area contributed by atoms with E-state index in [-0.39, 0.29) is 0 Å². The van der Waals surface area contributed by atoms with Gasteiger partial charge < -0.3 is 9.84 Å². The third-order valence-corrected chi connectivity index (χ3v) is 3.09. The molecule has 0 aliphatic rings. The molecule has 1 N–H and O–H groups in total. The SMILES string of the molecule is CCCc1ccc(OCCc2ccccc2O)cc1. The van der Waals surface area contributed by atoms with Gasteiger partial charge in [-0.2, -0.15) is 0 Å². The van der Waals surface area contributed by atoms with E-state index in [1.807, 2.05) is 30.3 Å². The largest absolute Gasteiger partial charge is 0.508 e. The number of benzene rings is 2. The van der Waals surface area contributed by atoms with Crippen molar-refractivity contribution in [3.05, 3.63) is 59.7 Å². The van der Waals surface area contributed by atoms with Crippen molar-refractivity contribution >= 4 is 0 Å². The fourth-order valence-corrected chi connectivity index (χ4v) is 2.04. The van der Waals surface area contributed by atoms with Crippen LogP contribution < -0.4 is 4.74 Å². The number of phenols is 1. The highest BCUT2D eigenvalue weighted by atomic mass is 16.5. The molecule has 19 heavy (non-hydrogen) atoms. The van der Waals surface area contributed by atoms with Crippen LogP contribution >= 0.6 is 0 Å². The van der Waals surface area contributed by atoms with E-state index in [2.05, 4.69) is 19.1 Å². The number of para-hydroxylation sites is 1. The Hall–Kier alpha value is -1.96. The van der Waals surface area contributed by atoms with Crippen molar-refractivity contribution in [1.29, 1.82) is 0 Å². The zero-order chi connectivity index (χ0) is 13.5. The third-order valence-electron chi connectivity index (χ3n) is 3.09. The van der Waals surface area contributed by atoms with Crippen molar-refractivity contribution in [2.45, 2.75) is 26.2 Å². The molecular formula is C17H20O2. The molecule has 0 aromatic heterocycles. The first-order chi connectivity index (χ1) is 9.29. The third kappa shape index (κ3) is 4.02. The predicted octanol–water partition coefficient (Wildman–Crippen LogP) is 3.97. The molecule has 0 bridgehead atoms. The summed E-state index contributed by atoms with van der Waals surface area (Å²) in [6.45, 7) is 2.75. The average molecular weight is 256 g/mol. The van der Waals surface area contributed by atoms with Gasteiger partial charge in [-0.3, -0.25) is 0 Å².